The number of fused-ring (bicyclic) bond motifs is 1. The molecule has 1 aromatic rings. The van der Waals surface area contributed by atoms with Crippen molar-refractivity contribution in [3.63, 3.8) is 0 Å². The molecule has 5 atom stereocenters. The molecule has 0 radical (unpaired) electrons. The number of ether oxygens (including phenoxy) is 4. The first-order valence-electron chi connectivity index (χ1n) is 11.3. The van der Waals surface area contributed by atoms with Gasteiger partial charge >= 0.3 is 5.97 Å². The minimum atomic E-state index is -2.08. The molecule has 2 heterocycles. The molecule has 0 aromatic heterocycles. The van der Waals surface area contributed by atoms with Gasteiger partial charge in [-0.25, -0.2) is 4.79 Å². The third kappa shape index (κ3) is 6.26. The molecule has 184 valence electrons. The van der Waals surface area contributed by atoms with Crippen LogP contribution in [0.25, 0.3) is 0 Å². The molecule has 2 saturated heterocycles. The van der Waals surface area contributed by atoms with Crippen molar-refractivity contribution in [2.75, 3.05) is 6.61 Å². The number of carbonyl (C=O) groups excluding carboxylic acids is 2. The zero-order valence-corrected chi connectivity index (χ0v) is 22.6. The van der Waals surface area contributed by atoms with E-state index in [2.05, 4.69) is 33.9 Å². The summed E-state index contributed by atoms with van der Waals surface area (Å²) in [6, 6.07) is 8.79. The van der Waals surface area contributed by atoms with Crippen molar-refractivity contribution in [1.82, 2.24) is 0 Å². The molecule has 0 N–H and O–H groups in total. The Balaban J connectivity index is 1.85. The predicted molar refractivity (Wildman–Crippen MR) is 130 cm³/mol. The van der Waals surface area contributed by atoms with Gasteiger partial charge in [0, 0.05) is 13.5 Å². The molecule has 0 bridgehead atoms. The van der Waals surface area contributed by atoms with Crippen LogP contribution in [0.3, 0.4) is 0 Å². The molecule has 0 spiro atoms. The van der Waals surface area contributed by atoms with Gasteiger partial charge in [-0.2, -0.15) is 0 Å². The Hall–Kier alpha value is -1.23. The molecular weight excluding hydrogens is 460 g/mol. The van der Waals surface area contributed by atoms with Crippen LogP contribution in [0.1, 0.15) is 51.9 Å². The summed E-state index contributed by atoms with van der Waals surface area (Å²) < 4.78 is 30.6. The van der Waals surface area contributed by atoms with E-state index in [1.165, 1.54) is 6.92 Å². The van der Waals surface area contributed by atoms with Gasteiger partial charge in [-0.05, 0) is 44.1 Å². The van der Waals surface area contributed by atoms with Crippen molar-refractivity contribution in [2.45, 2.75) is 95.3 Å². The highest BCUT2D eigenvalue weighted by Gasteiger charge is 2.58. The number of thioether (sulfide) groups is 1. The van der Waals surface area contributed by atoms with Crippen LogP contribution in [0.4, 0.5) is 0 Å². The Morgan fingerprint density at radius 1 is 1.15 bits per heavy atom. The van der Waals surface area contributed by atoms with E-state index in [0.29, 0.717) is 12.2 Å². The smallest absolute Gasteiger partial charge is 0.338 e. The molecule has 0 saturated carbocycles. The Bertz CT molecular complexity index is 852. The van der Waals surface area contributed by atoms with E-state index in [1.807, 2.05) is 6.07 Å². The number of esters is 1. The van der Waals surface area contributed by atoms with E-state index in [4.69, 9.17) is 23.4 Å². The molecule has 2 aliphatic heterocycles. The minimum absolute atomic E-state index is 0.0148. The van der Waals surface area contributed by atoms with Crippen molar-refractivity contribution in [1.29, 1.82) is 0 Å². The first kappa shape index (κ1) is 26.4. The van der Waals surface area contributed by atoms with Crippen LogP contribution in [0.2, 0.25) is 18.1 Å². The van der Waals surface area contributed by atoms with Crippen LogP contribution in [-0.4, -0.2) is 61.6 Å². The van der Waals surface area contributed by atoms with E-state index in [9.17, 15) is 9.59 Å². The molecule has 33 heavy (non-hydrogen) atoms. The van der Waals surface area contributed by atoms with Gasteiger partial charge in [0.2, 0.25) is 0 Å². The molecular formula is C24H36O7SSi. The minimum Gasteiger partial charge on any atom is -0.453 e. The first-order chi connectivity index (χ1) is 15.2. The van der Waals surface area contributed by atoms with E-state index in [1.54, 1.807) is 38.1 Å². The molecule has 0 unspecified atom stereocenters. The zero-order valence-electron chi connectivity index (χ0n) is 20.7. The lowest BCUT2D eigenvalue weighted by Gasteiger charge is -2.38. The maximum atomic E-state index is 12.9. The van der Waals surface area contributed by atoms with Crippen LogP contribution in [0.5, 0.6) is 0 Å². The summed E-state index contributed by atoms with van der Waals surface area (Å²) in [4.78, 5) is 25.0. The predicted octanol–water partition coefficient (Wildman–Crippen LogP) is 4.76. The number of carbonyl (C=O) groups is 2. The fourth-order valence-corrected chi connectivity index (χ4v) is 5.69. The summed E-state index contributed by atoms with van der Waals surface area (Å²) in [5.74, 6) is -1.33. The second kappa shape index (κ2) is 9.79. The summed E-state index contributed by atoms with van der Waals surface area (Å²) in [5, 5.41) is -0.429. The quantitative estimate of drug-likeness (QED) is 0.395. The van der Waals surface area contributed by atoms with Crippen molar-refractivity contribution in [3.05, 3.63) is 35.9 Å². The lowest BCUT2D eigenvalue weighted by atomic mass is 10.1. The number of benzene rings is 1. The van der Waals surface area contributed by atoms with E-state index in [-0.39, 0.29) is 15.4 Å². The molecule has 2 aliphatic rings. The molecule has 9 heteroatoms. The Labute approximate surface area is 202 Å². The van der Waals surface area contributed by atoms with Gasteiger partial charge in [0.25, 0.3) is 0 Å². The second-order valence-corrected chi connectivity index (χ2v) is 16.7. The highest BCUT2D eigenvalue weighted by molar-refractivity contribution is 8.14. The average Bonchev–Trinajstić information content (AvgIpc) is 3.17. The normalized spacial score (nSPS) is 27.8. The fourth-order valence-electron chi connectivity index (χ4n) is 3.62. The van der Waals surface area contributed by atoms with Gasteiger partial charge in [0.05, 0.1) is 10.8 Å². The van der Waals surface area contributed by atoms with Crippen LogP contribution in [0.15, 0.2) is 30.3 Å². The number of rotatable bonds is 7. The molecule has 3 rings (SSSR count). The number of hydrogen-bond donors (Lipinski definition) is 0. The summed E-state index contributed by atoms with van der Waals surface area (Å²) in [7, 11) is -2.08. The van der Waals surface area contributed by atoms with Crippen LogP contribution >= 0.6 is 11.8 Å². The molecule has 0 amide bonds. The summed E-state index contributed by atoms with van der Waals surface area (Å²) in [6.45, 7) is 16.2. The average molecular weight is 497 g/mol. The van der Waals surface area contributed by atoms with E-state index < -0.39 is 44.7 Å². The summed E-state index contributed by atoms with van der Waals surface area (Å²) in [6.07, 6.45) is -2.66. The summed E-state index contributed by atoms with van der Waals surface area (Å²) in [5.41, 5.74) is 0.436. The SMILES string of the molecule is CC(=O)S[C@H](CO[Si](C)(C)C(C)(C)C)[C@H]1O[C@@H]2OC(C)(C)O[C@@H]2[C@@H]1OC(=O)c1ccccc1. The van der Waals surface area contributed by atoms with Gasteiger partial charge in [0.15, 0.2) is 37.7 Å². The fraction of sp³-hybridized carbons (Fsp3) is 0.667. The highest BCUT2D eigenvalue weighted by Crippen LogP contribution is 2.43. The highest BCUT2D eigenvalue weighted by atomic mass is 32.2. The summed E-state index contributed by atoms with van der Waals surface area (Å²) >= 11 is 1.14. The third-order valence-corrected chi connectivity index (χ3v) is 11.9. The Morgan fingerprint density at radius 2 is 1.79 bits per heavy atom. The second-order valence-electron chi connectivity index (χ2n) is 10.5. The van der Waals surface area contributed by atoms with Crippen LogP contribution < -0.4 is 0 Å². The van der Waals surface area contributed by atoms with Crippen LogP contribution in [0, 0.1) is 0 Å². The lowest BCUT2D eigenvalue weighted by molar-refractivity contribution is -0.215. The van der Waals surface area contributed by atoms with Gasteiger partial charge in [-0.3, -0.25) is 4.79 Å². The maximum absolute atomic E-state index is 12.9. The monoisotopic (exact) mass is 496 g/mol. The Kier molecular flexibility index (Phi) is 7.82. The van der Waals surface area contributed by atoms with Gasteiger partial charge in [-0.1, -0.05) is 50.7 Å². The topological polar surface area (TPSA) is 80.3 Å². The zero-order chi connectivity index (χ0) is 24.6. The van der Waals surface area contributed by atoms with Crippen molar-refractivity contribution in [2.24, 2.45) is 0 Å². The van der Waals surface area contributed by atoms with Gasteiger partial charge in [-0.15, -0.1) is 0 Å². The molecule has 2 fully saturated rings. The molecule has 7 nitrogen and oxygen atoms in total. The van der Waals surface area contributed by atoms with Gasteiger partial charge < -0.3 is 23.4 Å². The molecule has 0 aliphatic carbocycles. The van der Waals surface area contributed by atoms with E-state index in [0.717, 1.165) is 11.8 Å². The van der Waals surface area contributed by atoms with Gasteiger partial charge in [0.1, 0.15) is 6.10 Å². The molecule has 1 aromatic carbocycles. The number of hydrogen-bond acceptors (Lipinski definition) is 8. The van der Waals surface area contributed by atoms with Crippen molar-refractivity contribution < 1.29 is 33.0 Å². The Morgan fingerprint density at radius 3 is 2.36 bits per heavy atom. The van der Waals surface area contributed by atoms with Crippen LogP contribution in [-0.2, 0) is 28.2 Å². The van der Waals surface area contributed by atoms with Crippen molar-refractivity contribution in [3.8, 4) is 0 Å². The first-order valence-corrected chi connectivity index (χ1v) is 15.1. The van der Waals surface area contributed by atoms with E-state index >= 15 is 0 Å². The lowest BCUT2D eigenvalue weighted by Crippen LogP contribution is -2.48. The third-order valence-electron chi connectivity index (χ3n) is 6.38. The standard InChI is InChI=1S/C24H36O7SSi/c1-15(25)32-17(14-27-33(7,8)23(2,3)4)18-19(20-22(29-18)31-24(5,6)30-20)28-21(26)16-12-10-9-11-13-16/h9-13,17-20,22H,14H2,1-8H3/t17-,18-,19-,20-,22-/m1/s1. The van der Waals surface area contributed by atoms with Crippen molar-refractivity contribution >= 4 is 31.2 Å². The largest absolute Gasteiger partial charge is 0.453 e. The maximum Gasteiger partial charge on any atom is 0.338 e.